The van der Waals surface area contributed by atoms with Crippen LogP contribution in [0.3, 0.4) is 0 Å². The Labute approximate surface area is 131 Å². The van der Waals surface area contributed by atoms with Gasteiger partial charge in [-0.1, -0.05) is 30.3 Å². The predicted molar refractivity (Wildman–Crippen MR) is 87.1 cm³/mol. The number of hydrogen-bond donors (Lipinski definition) is 0. The van der Waals surface area contributed by atoms with Crippen molar-refractivity contribution in [1.82, 2.24) is 14.7 Å². The highest BCUT2D eigenvalue weighted by molar-refractivity contribution is 5.96. The quantitative estimate of drug-likeness (QED) is 0.796. The van der Waals surface area contributed by atoms with E-state index in [1.54, 1.807) is 0 Å². The third kappa shape index (κ3) is 3.63. The lowest BCUT2D eigenvalue weighted by Gasteiger charge is -2.32. The van der Waals surface area contributed by atoms with Gasteiger partial charge in [-0.25, -0.2) is 0 Å². The molecule has 22 heavy (non-hydrogen) atoms. The molecule has 2 heterocycles. The van der Waals surface area contributed by atoms with Crippen LogP contribution in [0.1, 0.15) is 41.2 Å². The van der Waals surface area contributed by atoms with Crippen LogP contribution in [0.15, 0.2) is 42.7 Å². The lowest BCUT2D eigenvalue weighted by molar-refractivity contribution is 0.0946. The second kappa shape index (κ2) is 6.88. The van der Waals surface area contributed by atoms with E-state index in [2.05, 4.69) is 27.8 Å². The first-order valence-corrected chi connectivity index (χ1v) is 8.04. The van der Waals surface area contributed by atoms with E-state index in [0.717, 1.165) is 25.2 Å². The zero-order valence-corrected chi connectivity index (χ0v) is 13.1. The number of rotatable bonds is 5. The number of carbonyl (C=O) groups is 1. The Hall–Kier alpha value is -1.94. The van der Waals surface area contributed by atoms with Gasteiger partial charge in [-0.2, -0.15) is 5.10 Å². The van der Waals surface area contributed by atoms with Crippen LogP contribution >= 0.6 is 0 Å². The van der Waals surface area contributed by atoms with Gasteiger partial charge in [0.25, 0.3) is 0 Å². The maximum atomic E-state index is 12.2. The summed E-state index contributed by atoms with van der Waals surface area (Å²) in [6, 6.07) is 10.0. The van der Waals surface area contributed by atoms with Crippen molar-refractivity contribution < 1.29 is 4.79 Å². The number of nitrogens with zero attached hydrogens (tertiary/aromatic N) is 3. The number of hydrogen-bond acceptors (Lipinski definition) is 3. The third-order valence-corrected chi connectivity index (χ3v) is 4.34. The summed E-state index contributed by atoms with van der Waals surface area (Å²) in [5.74, 6) is 0.234. The number of aromatic nitrogens is 2. The van der Waals surface area contributed by atoms with Crippen LogP contribution in [0.5, 0.6) is 0 Å². The summed E-state index contributed by atoms with van der Waals surface area (Å²) in [6.45, 7) is 4.98. The Morgan fingerprint density at radius 2 is 2.14 bits per heavy atom. The van der Waals surface area contributed by atoms with Crippen molar-refractivity contribution in [3.8, 4) is 0 Å². The molecular formula is C18H23N3O. The summed E-state index contributed by atoms with van der Waals surface area (Å²) in [4.78, 5) is 14.6. The standard InChI is InChI=1S/C18H23N3O/c1-15-12-19-21(13-15)17-8-5-10-20(14-17)11-9-18(22)16-6-3-2-4-7-16/h2-4,6-7,12-13,17H,5,8-11,14H2,1H3/t17-/m1/s1. The van der Waals surface area contributed by atoms with E-state index in [4.69, 9.17) is 0 Å². The van der Waals surface area contributed by atoms with Gasteiger partial charge in [0.2, 0.25) is 0 Å². The Morgan fingerprint density at radius 1 is 1.32 bits per heavy atom. The minimum atomic E-state index is 0.234. The molecule has 3 rings (SSSR count). The summed E-state index contributed by atoms with van der Waals surface area (Å²) in [6.07, 6.45) is 6.96. The second-order valence-corrected chi connectivity index (χ2v) is 6.13. The van der Waals surface area contributed by atoms with E-state index in [1.165, 1.54) is 18.4 Å². The van der Waals surface area contributed by atoms with Crippen molar-refractivity contribution in [2.45, 2.75) is 32.2 Å². The fourth-order valence-electron chi connectivity index (χ4n) is 3.11. The predicted octanol–water partition coefficient (Wildman–Crippen LogP) is 3.10. The van der Waals surface area contributed by atoms with Crippen molar-refractivity contribution in [3.63, 3.8) is 0 Å². The average Bonchev–Trinajstić information content (AvgIpc) is 3.00. The molecule has 0 aliphatic carbocycles. The SMILES string of the molecule is Cc1cnn([C@@H]2CCCN(CCC(=O)c3ccccc3)C2)c1. The highest BCUT2D eigenvalue weighted by Gasteiger charge is 2.22. The first-order chi connectivity index (χ1) is 10.7. The number of Topliss-reactive ketones (excluding diaryl/α,β-unsaturated/α-hetero) is 1. The number of piperidine rings is 1. The molecule has 0 radical (unpaired) electrons. The lowest BCUT2D eigenvalue weighted by atomic mass is 10.0. The molecule has 1 aliphatic rings. The number of ketones is 1. The van der Waals surface area contributed by atoms with Crippen LogP contribution in [0.25, 0.3) is 0 Å². The van der Waals surface area contributed by atoms with Crippen LogP contribution in [0, 0.1) is 6.92 Å². The van der Waals surface area contributed by atoms with Crippen LogP contribution in [0.4, 0.5) is 0 Å². The number of benzene rings is 1. The summed E-state index contributed by atoms with van der Waals surface area (Å²) in [7, 11) is 0. The molecule has 4 nitrogen and oxygen atoms in total. The fraction of sp³-hybridized carbons (Fsp3) is 0.444. The molecule has 0 bridgehead atoms. The van der Waals surface area contributed by atoms with Crippen LogP contribution < -0.4 is 0 Å². The van der Waals surface area contributed by atoms with Gasteiger partial charge < -0.3 is 4.90 Å². The van der Waals surface area contributed by atoms with Gasteiger partial charge in [-0.3, -0.25) is 9.48 Å². The first-order valence-electron chi connectivity index (χ1n) is 8.04. The number of aryl methyl sites for hydroxylation is 1. The Morgan fingerprint density at radius 3 is 2.86 bits per heavy atom. The van der Waals surface area contributed by atoms with Crippen LogP contribution in [-0.4, -0.2) is 40.1 Å². The van der Waals surface area contributed by atoms with Gasteiger partial charge in [0.1, 0.15) is 0 Å². The number of carbonyl (C=O) groups excluding carboxylic acids is 1. The maximum Gasteiger partial charge on any atom is 0.164 e. The molecule has 1 saturated heterocycles. The zero-order chi connectivity index (χ0) is 15.4. The summed E-state index contributed by atoms with van der Waals surface area (Å²) in [5, 5.41) is 4.44. The Bertz CT molecular complexity index is 620. The molecule has 2 aromatic rings. The molecule has 0 N–H and O–H groups in total. The highest BCUT2D eigenvalue weighted by atomic mass is 16.1. The summed E-state index contributed by atoms with van der Waals surface area (Å²) < 4.78 is 2.08. The van der Waals surface area contributed by atoms with Gasteiger partial charge in [0, 0.05) is 31.3 Å². The summed E-state index contributed by atoms with van der Waals surface area (Å²) in [5.41, 5.74) is 2.02. The van der Waals surface area contributed by atoms with Crippen LogP contribution in [-0.2, 0) is 0 Å². The average molecular weight is 297 g/mol. The number of likely N-dealkylation sites (tertiary alicyclic amines) is 1. The van der Waals surface area contributed by atoms with Gasteiger partial charge in [-0.05, 0) is 31.9 Å². The lowest BCUT2D eigenvalue weighted by Crippen LogP contribution is -2.38. The maximum absolute atomic E-state index is 12.2. The van der Waals surface area contributed by atoms with E-state index in [1.807, 2.05) is 36.5 Å². The molecule has 4 heteroatoms. The van der Waals surface area contributed by atoms with Crippen molar-refractivity contribution >= 4 is 5.78 Å². The van der Waals surface area contributed by atoms with E-state index in [0.29, 0.717) is 12.5 Å². The normalized spacial score (nSPS) is 19.2. The van der Waals surface area contributed by atoms with Gasteiger partial charge >= 0.3 is 0 Å². The van der Waals surface area contributed by atoms with Gasteiger partial charge in [-0.15, -0.1) is 0 Å². The van der Waals surface area contributed by atoms with Crippen LogP contribution in [0.2, 0.25) is 0 Å². The molecule has 1 aliphatic heterocycles. The largest absolute Gasteiger partial charge is 0.301 e. The smallest absolute Gasteiger partial charge is 0.164 e. The third-order valence-electron chi connectivity index (χ3n) is 4.34. The zero-order valence-electron chi connectivity index (χ0n) is 13.1. The highest BCUT2D eigenvalue weighted by Crippen LogP contribution is 2.21. The fourth-order valence-corrected chi connectivity index (χ4v) is 3.11. The molecular weight excluding hydrogens is 274 g/mol. The van der Waals surface area contributed by atoms with Crippen molar-refractivity contribution in [1.29, 1.82) is 0 Å². The molecule has 0 spiro atoms. The van der Waals surface area contributed by atoms with E-state index < -0.39 is 0 Å². The topological polar surface area (TPSA) is 38.1 Å². The van der Waals surface area contributed by atoms with Gasteiger partial charge in [0.15, 0.2) is 5.78 Å². The van der Waals surface area contributed by atoms with Crippen molar-refractivity contribution in [3.05, 3.63) is 53.9 Å². The molecule has 1 fully saturated rings. The molecule has 1 aromatic carbocycles. The monoisotopic (exact) mass is 297 g/mol. The minimum Gasteiger partial charge on any atom is -0.301 e. The summed E-state index contributed by atoms with van der Waals surface area (Å²) >= 11 is 0. The van der Waals surface area contributed by atoms with Gasteiger partial charge in [0.05, 0.1) is 12.2 Å². The Balaban J connectivity index is 1.53. The molecule has 1 atom stereocenters. The molecule has 0 saturated carbocycles. The minimum absolute atomic E-state index is 0.234. The molecule has 116 valence electrons. The van der Waals surface area contributed by atoms with E-state index >= 15 is 0 Å². The van der Waals surface area contributed by atoms with Crippen molar-refractivity contribution in [2.75, 3.05) is 19.6 Å². The van der Waals surface area contributed by atoms with Crippen molar-refractivity contribution in [2.24, 2.45) is 0 Å². The molecule has 1 aromatic heterocycles. The second-order valence-electron chi connectivity index (χ2n) is 6.13. The Kier molecular flexibility index (Phi) is 4.68. The van der Waals surface area contributed by atoms with E-state index in [9.17, 15) is 4.79 Å². The first kappa shape index (κ1) is 15.0. The molecule has 0 unspecified atom stereocenters. The van der Waals surface area contributed by atoms with E-state index in [-0.39, 0.29) is 5.78 Å². The molecule has 0 amide bonds.